The molecule has 0 aromatic heterocycles. The van der Waals surface area contributed by atoms with Crippen LogP contribution in [0.5, 0.6) is 0 Å². The third kappa shape index (κ3) is 8.13. The van der Waals surface area contributed by atoms with Crippen molar-refractivity contribution in [3.63, 3.8) is 0 Å². The summed E-state index contributed by atoms with van der Waals surface area (Å²) in [4.78, 5) is 0. The molecule has 0 heterocycles. The number of hydrogen-bond donors (Lipinski definition) is 1. The maximum Gasteiger partial charge on any atom is 0.0324 e. The van der Waals surface area contributed by atoms with Gasteiger partial charge in [-0.2, -0.15) is 0 Å². The fourth-order valence-corrected chi connectivity index (χ4v) is 3.38. The number of hydrogen-bond acceptors (Lipinski definition) is 1. The molecule has 1 aromatic rings. The molecule has 0 fully saturated rings. The molecule has 1 nitrogen and oxygen atoms in total. The van der Waals surface area contributed by atoms with E-state index < -0.39 is 0 Å². The number of rotatable bonds is 11. The van der Waals surface area contributed by atoms with E-state index in [2.05, 4.69) is 41.6 Å². The highest BCUT2D eigenvalue weighted by Gasteiger charge is 2.00. The molecule has 0 saturated carbocycles. The maximum atomic E-state index is 5.78. The van der Waals surface area contributed by atoms with Crippen LogP contribution >= 0.6 is 22.6 Å². The van der Waals surface area contributed by atoms with Gasteiger partial charge in [0.15, 0.2) is 0 Å². The zero-order chi connectivity index (χ0) is 14.6. The lowest BCUT2D eigenvalue weighted by Gasteiger charge is -2.06. The first kappa shape index (κ1) is 17.8. The molecule has 0 aliphatic carbocycles. The molecule has 0 saturated heterocycles. The van der Waals surface area contributed by atoms with Gasteiger partial charge >= 0.3 is 0 Å². The minimum atomic E-state index is 0.876. The van der Waals surface area contributed by atoms with Crippen molar-refractivity contribution in [2.24, 2.45) is 0 Å². The van der Waals surface area contributed by atoms with E-state index in [9.17, 15) is 0 Å². The van der Waals surface area contributed by atoms with Gasteiger partial charge in [-0.05, 0) is 53.1 Å². The molecule has 0 bridgehead atoms. The zero-order valence-electron chi connectivity index (χ0n) is 13.0. The molecule has 0 spiro atoms. The van der Waals surface area contributed by atoms with Crippen LogP contribution in [0, 0.1) is 3.57 Å². The molecule has 20 heavy (non-hydrogen) atoms. The molecule has 0 amide bonds. The topological polar surface area (TPSA) is 26.0 Å². The lowest BCUT2D eigenvalue weighted by Crippen LogP contribution is -1.93. The van der Waals surface area contributed by atoms with Crippen LogP contribution in [0.25, 0.3) is 0 Å². The summed E-state index contributed by atoms with van der Waals surface area (Å²) < 4.78 is 1.32. The van der Waals surface area contributed by atoms with Crippen molar-refractivity contribution < 1.29 is 0 Å². The second-order valence-corrected chi connectivity index (χ2v) is 6.95. The molecule has 0 unspecified atom stereocenters. The highest BCUT2D eigenvalue weighted by molar-refractivity contribution is 14.1. The molecule has 2 N–H and O–H groups in total. The summed E-state index contributed by atoms with van der Waals surface area (Å²) in [7, 11) is 0. The van der Waals surface area contributed by atoms with Crippen molar-refractivity contribution in [1.29, 1.82) is 0 Å². The highest BCUT2D eigenvalue weighted by Crippen LogP contribution is 2.19. The lowest BCUT2D eigenvalue weighted by molar-refractivity contribution is 0.556. The Labute approximate surface area is 138 Å². The smallest absolute Gasteiger partial charge is 0.0324 e. The van der Waals surface area contributed by atoms with E-state index in [0.29, 0.717) is 0 Å². The van der Waals surface area contributed by atoms with Gasteiger partial charge in [-0.3, -0.25) is 0 Å². The van der Waals surface area contributed by atoms with E-state index >= 15 is 0 Å². The zero-order valence-corrected chi connectivity index (χ0v) is 15.1. The molecule has 0 radical (unpaired) electrons. The van der Waals surface area contributed by atoms with Crippen LogP contribution in [-0.2, 0) is 6.42 Å². The van der Waals surface area contributed by atoms with E-state index in [1.807, 2.05) is 6.07 Å². The first-order valence-electron chi connectivity index (χ1n) is 8.28. The Morgan fingerprint density at radius 2 is 1.40 bits per heavy atom. The van der Waals surface area contributed by atoms with Crippen LogP contribution in [0.2, 0.25) is 0 Å². The van der Waals surface area contributed by atoms with Gasteiger partial charge in [0.1, 0.15) is 0 Å². The number of nitrogens with two attached hydrogens (primary N) is 1. The Kier molecular flexibility index (Phi) is 10.2. The Morgan fingerprint density at radius 1 is 0.850 bits per heavy atom. The molecule has 0 aliphatic rings. The summed E-state index contributed by atoms with van der Waals surface area (Å²) in [5, 5.41) is 0. The average Bonchev–Trinajstić information content (AvgIpc) is 2.43. The van der Waals surface area contributed by atoms with E-state index in [0.717, 1.165) is 5.69 Å². The van der Waals surface area contributed by atoms with Crippen molar-refractivity contribution in [3.05, 3.63) is 27.3 Å². The van der Waals surface area contributed by atoms with Gasteiger partial charge < -0.3 is 5.73 Å². The lowest BCUT2D eigenvalue weighted by atomic mass is 10.0. The predicted molar refractivity (Wildman–Crippen MR) is 99.1 cm³/mol. The Balaban J connectivity index is 1.97. The van der Waals surface area contributed by atoms with Gasteiger partial charge in [0, 0.05) is 9.26 Å². The quantitative estimate of drug-likeness (QED) is 0.268. The summed E-state index contributed by atoms with van der Waals surface area (Å²) in [6, 6.07) is 6.28. The van der Waals surface area contributed by atoms with Crippen LogP contribution in [-0.4, -0.2) is 0 Å². The molecule has 0 aliphatic heterocycles. The minimum absolute atomic E-state index is 0.876. The number of anilines is 1. The van der Waals surface area contributed by atoms with Crippen molar-refractivity contribution >= 4 is 28.3 Å². The summed E-state index contributed by atoms with van der Waals surface area (Å²) in [5.74, 6) is 0. The van der Waals surface area contributed by atoms with Gasteiger partial charge in [0.05, 0.1) is 0 Å². The van der Waals surface area contributed by atoms with Gasteiger partial charge in [0.2, 0.25) is 0 Å². The van der Waals surface area contributed by atoms with Gasteiger partial charge in [-0.25, -0.2) is 0 Å². The molecular weight excluding hydrogens is 357 g/mol. The third-order valence-electron chi connectivity index (χ3n) is 3.88. The number of benzene rings is 1. The molecule has 1 aromatic carbocycles. The van der Waals surface area contributed by atoms with E-state index in [-0.39, 0.29) is 0 Å². The van der Waals surface area contributed by atoms with Crippen LogP contribution < -0.4 is 5.73 Å². The van der Waals surface area contributed by atoms with Crippen LogP contribution in [0.15, 0.2) is 18.2 Å². The number of unbranched alkanes of at least 4 members (excludes halogenated alkanes) is 9. The largest absolute Gasteiger partial charge is 0.399 e. The Morgan fingerprint density at radius 3 is 1.95 bits per heavy atom. The number of aryl methyl sites for hydroxylation is 1. The first-order chi connectivity index (χ1) is 9.74. The molecule has 2 heteroatoms. The molecule has 114 valence electrons. The van der Waals surface area contributed by atoms with Crippen molar-refractivity contribution in [2.75, 3.05) is 5.73 Å². The standard InChI is InChI=1S/C18H30IN/c1-2-3-4-5-6-7-8-9-10-11-12-16-13-14-17(20)15-18(16)19/h13-15H,2-12,20H2,1H3. The van der Waals surface area contributed by atoms with E-state index in [1.54, 1.807) is 0 Å². The van der Waals surface area contributed by atoms with Gasteiger partial charge in [-0.15, -0.1) is 0 Å². The predicted octanol–water partition coefficient (Wildman–Crippen LogP) is 6.34. The Bertz CT molecular complexity index is 362. The van der Waals surface area contributed by atoms with Crippen LogP contribution in [0.1, 0.15) is 76.7 Å². The maximum absolute atomic E-state index is 5.78. The normalized spacial score (nSPS) is 10.9. The summed E-state index contributed by atoms with van der Waals surface area (Å²) in [6.45, 7) is 2.28. The molecule has 0 atom stereocenters. The third-order valence-corrected chi connectivity index (χ3v) is 4.88. The second-order valence-electron chi connectivity index (χ2n) is 5.78. The Hall–Kier alpha value is -0.250. The second kappa shape index (κ2) is 11.4. The minimum Gasteiger partial charge on any atom is -0.399 e. The van der Waals surface area contributed by atoms with Crippen molar-refractivity contribution in [1.82, 2.24) is 0 Å². The van der Waals surface area contributed by atoms with Gasteiger partial charge in [-0.1, -0.05) is 70.8 Å². The molecule has 1 rings (SSSR count). The number of halogens is 1. The van der Waals surface area contributed by atoms with Gasteiger partial charge in [0.25, 0.3) is 0 Å². The summed E-state index contributed by atoms with van der Waals surface area (Å²) in [6.07, 6.45) is 15.2. The van der Waals surface area contributed by atoms with E-state index in [1.165, 1.54) is 79.8 Å². The SMILES string of the molecule is CCCCCCCCCCCCc1ccc(N)cc1I. The number of nitrogen functional groups attached to an aromatic ring is 1. The fourth-order valence-electron chi connectivity index (χ4n) is 2.57. The van der Waals surface area contributed by atoms with Crippen molar-refractivity contribution in [2.45, 2.75) is 77.6 Å². The highest BCUT2D eigenvalue weighted by atomic mass is 127. The molecular formula is C18H30IN. The summed E-state index contributed by atoms with van der Waals surface area (Å²) in [5.41, 5.74) is 8.11. The summed E-state index contributed by atoms with van der Waals surface area (Å²) >= 11 is 2.40. The van der Waals surface area contributed by atoms with Crippen molar-refractivity contribution in [3.8, 4) is 0 Å². The van der Waals surface area contributed by atoms with Crippen LogP contribution in [0.3, 0.4) is 0 Å². The first-order valence-corrected chi connectivity index (χ1v) is 9.36. The average molecular weight is 387 g/mol. The fraction of sp³-hybridized carbons (Fsp3) is 0.667. The van der Waals surface area contributed by atoms with Crippen LogP contribution in [0.4, 0.5) is 5.69 Å². The monoisotopic (exact) mass is 387 g/mol. The van der Waals surface area contributed by atoms with E-state index in [4.69, 9.17) is 5.73 Å².